The number of thiophene rings is 1. The van der Waals surface area contributed by atoms with Gasteiger partial charge >= 0.3 is 6.09 Å². The van der Waals surface area contributed by atoms with Gasteiger partial charge in [0.2, 0.25) is 0 Å². The Balaban J connectivity index is 1.50. The maximum atomic E-state index is 13.1. The van der Waals surface area contributed by atoms with Gasteiger partial charge in [-0.2, -0.15) is 0 Å². The maximum absolute atomic E-state index is 13.1. The van der Waals surface area contributed by atoms with Crippen LogP contribution < -0.4 is 10.6 Å². The summed E-state index contributed by atoms with van der Waals surface area (Å²) in [6, 6.07) is 8.24. The van der Waals surface area contributed by atoms with Crippen molar-refractivity contribution in [2.75, 3.05) is 18.5 Å². The Morgan fingerprint density at radius 1 is 1.30 bits per heavy atom. The molecule has 4 heterocycles. The molecule has 8 heteroatoms. The average Bonchev–Trinajstić information content (AvgIpc) is 3.23. The molecular weight excluding hydrogens is 400 g/mol. The number of benzene rings is 1. The largest absolute Gasteiger partial charge is 0.450 e. The molecular formula is C22H24N4O3S. The van der Waals surface area contributed by atoms with Gasteiger partial charge in [0.15, 0.2) is 0 Å². The van der Waals surface area contributed by atoms with Gasteiger partial charge in [0, 0.05) is 40.6 Å². The normalized spacial score (nSPS) is 17.9. The Kier molecular flexibility index (Phi) is 4.47. The molecule has 0 saturated carbocycles. The van der Waals surface area contributed by atoms with E-state index in [-0.39, 0.29) is 18.2 Å². The van der Waals surface area contributed by atoms with Crippen molar-refractivity contribution in [3.8, 4) is 0 Å². The molecule has 0 radical (unpaired) electrons. The molecule has 2 aromatic heterocycles. The number of amides is 2. The molecule has 3 aromatic rings. The second kappa shape index (κ2) is 7.05. The zero-order chi connectivity index (χ0) is 21.0. The quantitative estimate of drug-likeness (QED) is 0.654. The number of carbonyl (C=O) groups is 2. The second-order valence-corrected chi connectivity index (χ2v) is 8.81. The fourth-order valence-electron chi connectivity index (χ4n) is 4.55. The molecule has 2 amide bonds. The van der Waals surface area contributed by atoms with Crippen molar-refractivity contribution in [3.63, 3.8) is 0 Å². The number of anilines is 1. The highest BCUT2D eigenvalue weighted by atomic mass is 32.1. The number of carbonyl (C=O) groups excluding carboxylic acids is 2. The summed E-state index contributed by atoms with van der Waals surface area (Å²) in [5.41, 5.74) is 5.13. The summed E-state index contributed by atoms with van der Waals surface area (Å²) < 4.78 is 7.30. The van der Waals surface area contributed by atoms with E-state index in [1.807, 2.05) is 19.2 Å². The summed E-state index contributed by atoms with van der Waals surface area (Å²) in [4.78, 5) is 28.0. The number of hydrogen-bond acceptors (Lipinski definition) is 5. The number of para-hydroxylation sites is 1. The number of nitrogens with one attached hydrogen (secondary N) is 2. The lowest BCUT2D eigenvalue weighted by Gasteiger charge is -2.28. The van der Waals surface area contributed by atoms with Gasteiger partial charge in [-0.25, -0.2) is 4.79 Å². The minimum absolute atomic E-state index is 0.0526. The second-order valence-electron chi connectivity index (χ2n) is 7.70. The molecule has 0 aliphatic carbocycles. The molecule has 1 atom stereocenters. The highest BCUT2D eigenvalue weighted by molar-refractivity contribution is 7.16. The van der Waals surface area contributed by atoms with Gasteiger partial charge in [0.25, 0.3) is 5.91 Å². The van der Waals surface area contributed by atoms with E-state index in [0.29, 0.717) is 26.1 Å². The number of nitrogens with zero attached hydrogens (tertiary/aromatic N) is 2. The van der Waals surface area contributed by atoms with Crippen molar-refractivity contribution in [1.29, 1.82) is 0 Å². The molecule has 2 aliphatic rings. The van der Waals surface area contributed by atoms with E-state index in [1.165, 1.54) is 0 Å². The Labute approximate surface area is 178 Å². The third-order valence-corrected chi connectivity index (χ3v) is 7.25. The monoisotopic (exact) mass is 424 g/mol. The lowest BCUT2D eigenvalue weighted by atomic mass is 10.00. The highest BCUT2D eigenvalue weighted by Gasteiger charge is 2.35. The summed E-state index contributed by atoms with van der Waals surface area (Å²) >= 11 is 1.57. The summed E-state index contributed by atoms with van der Waals surface area (Å²) in [6.45, 7) is 5.29. The van der Waals surface area contributed by atoms with E-state index in [9.17, 15) is 9.59 Å². The molecule has 2 aliphatic heterocycles. The smallest absolute Gasteiger partial charge is 0.410 e. The molecule has 30 heavy (non-hydrogen) atoms. The minimum Gasteiger partial charge on any atom is -0.450 e. The van der Waals surface area contributed by atoms with Crippen LogP contribution in [0.1, 0.15) is 45.1 Å². The predicted molar refractivity (Wildman–Crippen MR) is 117 cm³/mol. The molecule has 0 fully saturated rings. The summed E-state index contributed by atoms with van der Waals surface area (Å²) in [6.07, 6.45) is 0.0705. The Bertz CT molecular complexity index is 1180. The summed E-state index contributed by atoms with van der Waals surface area (Å²) in [5.74, 6) is -0.0526. The average molecular weight is 425 g/mol. The van der Waals surface area contributed by atoms with Crippen LogP contribution in [0.5, 0.6) is 0 Å². The van der Waals surface area contributed by atoms with Crippen LogP contribution >= 0.6 is 11.3 Å². The number of hydrogen-bond donors (Lipinski definition) is 2. The number of ether oxygens (including phenoxy) is 1. The van der Waals surface area contributed by atoms with Crippen LogP contribution in [0.15, 0.2) is 24.3 Å². The SMILES string of the molecule is CCOC(=O)N1CCc2c(sc3c2C(=O)N[C@H](c2c(C)n(C)c4ccccc24)N3)C1. The fraction of sp³-hybridized carbons (Fsp3) is 0.364. The Morgan fingerprint density at radius 3 is 2.90 bits per heavy atom. The lowest BCUT2D eigenvalue weighted by molar-refractivity contribution is 0.0934. The maximum Gasteiger partial charge on any atom is 0.410 e. The molecule has 2 N–H and O–H groups in total. The van der Waals surface area contributed by atoms with E-state index in [4.69, 9.17) is 4.74 Å². The molecule has 0 bridgehead atoms. The first-order chi connectivity index (χ1) is 14.5. The van der Waals surface area contributed by atoms with Crippen LogP contribution in [0.3, 0.4) is 0 Å². The van der Waals surface area contributed by atoms with Crippen molar-refractivity contribution in [2.45, 2.75) is 33.0 Å². The number of aryl methyl sites for hydroxylation is 1. The molecule has 0 unspecified atom stereocenters. The van der Waals surface area contributed by atoms with Crippen molar-refractivity contribution < 1.29 is 14.3 Å². The van der Waals surface area contributed by atoms with E-state index in [0.717, 1.165) is 43.2 Å². The van der Waals surface area contributed by atoms with Gasteiger partial charge in [-0.15, -0.1) is 11.3 Å². The van der Waals surface area contributed by atoms with Crippen molar-refractivity contribution in [1.82, 2.24) is 14.8 Å². The van der Waals surface area contributed by atoms with Gasteiger partial charge in [-0.1, -0.05) is 18.2 Å². The van der Waals surface area contributed by atoms with E-state index >= 15 is 0 Å². The minimum atomic E-state index is -0.295. The topological polar surface area (TPSA) is 75.6 Å². The van der Waals surface area contributed by atoms with Gasteiger partial charge in [0.05, 0.1) is 18.7 Å². The molecule has 5 rings (SSSR count). The van der Waals surface area contributed by atoms with E-state index in [1.54, 1.807) is 23.2 Å². The first-order valence-electron chi connectivity index (χ1n) is 10.2. The summed E-state index contributed by atoms with van der Waals surface area (Å²) in [7, 11) is 2.05. The van der Waals surface area contributed by atoms with Crippen LogP contribution in [0, 0.1) is 6.92 Å². The molecule has 1 aromatic carbocycles. The molecule has 0 spiro atoms. The van der Waals surface area contributed by atoms with Crippen LogP contribution in [-0.4, -0.2) is 34.6 Å². The van der Waals surface area contributed by atoms with Crippen molar-refractivity contribution in [2.24, 2.45) is 7.05 Å². The van der Waals surface area contributed by atoms with E-state index < -0.39 is 0 Å². The van der Waals surface area contributed by atoms with Crippen molar-refractivity contribution in [3.05, 3.63) is 51.5 Å². The van der Waals surface area contributed by atoms with Crippen LogP contribution in [-0.2, 0) is 24.8 Å². The van der Waals surface area contributed by atoms with Gasteiger partial charge < -0.3 is 24.8 Å². The first kappa shape index (κ1) is 19.0. The van der Waals surface area contributed by atoms with Crippen LogP contribution in [0.4, 0.5) is 9.80 Å². The Hall–Kier alpha value is -3.00. The lowest BCUT2D eigenvalue weighted by Crippen LogP contribution is -2.39. The predicted octanol–water partition coefficient (Wildman–Crippen LogP) is 3.92. The molecule has 156 valence electrons. The standard InChI is InChI=1S/C22H24N4O3S/c1-4-29-22(28)26-10-9-14-16(11-26)30-21-18(14)20(27)23-19(24-21)17-12(2)25(3)15-8-6-5-7-13(15)17/h5-8,19,24H,4,9-11H2,1-3H3,(H,23,27)/t19-/m0/s1. The van der Waals surface area contributed by atoms with Crippen LogP contribution in [0.25, 0.3) is 10.9 Å². The van der Waals surface area contributed by atoms with Crippen molar-refractivity contribution >= 4 is 39.2 Å². The highest BCUT2D eigenvalue weighted by Crippen LogP contribution is 2.42. The zero-order valence-corrected chi connectivity index (χ0v) is 18.1. The van der Waals surface area contributed by atoms with Gasteiger partial charge in [0.1, 0.15) is 11.2 Å². The molecule has 0 saturated heterocycles. The third-order valence-electron chi connectivity index (χ3n) is 6.10. The third kappa shape index (κ3) is 2.78. The number of rotatable bonds is 2. The Morgan fingerprint density at radius 2 is 2.10 bits per heavy atom. The van der Waals surface area contributed by atoms with E-state index in [2.05, 4.69) is 34.3 Å². The van der Waals surface area contributed by atoms with Gasteiger partial charge in [-0.05, 0) is 31.9 Å². The zero-order valence-electron chi connectivity index (χ0n) is 17.2. The fourth-order valence-corrected chi connectivity index (χ4v) is 5.83. The summed E-state index contributed by atoms with van der Waals surface area (Å²) in [5, 5.41) is 8.73. The van der Waals surface area contributed by atoms with Gasteiger partial charge in [-0.3, -0.25) is 4.79 Å². The van der Waals surface area contributed by atoms with Crippen LogP contribution in [0.2, 0.25) is 0 Å². The molecule has 7 nitrogen and oxygen atoms in total. The first-order valence-corrected chi connectivity index (χ1v) is 11.0. The number of fused-ring (bicyclic) bond motifs is 4. The number of aromatic nitrogens is 1.